The normalized spacial score (nSPS) is 14.6. The molecular weight excluding hydrogens is 418 g/mol. The SMILES string of the molecule is [N-]=[N+]=N[C@@H](CCSSCC[C@@H](CS(=O)[O-])N=[N+]=[N-])CS(=O)[O-].[Na+].[Na+]. The van der Waals surface area contributed by atoms with Crippen LogP contribution in [0, 0.1) is 0 Å². The summed E-state index contributed by atoms with van der Waals surface area (Å²) in [5.41, 5.74) is 16.7. The molecule has 2 unspecified atom stereocenters. The van der Waals surface area contributed by atoms with E-state index >= 15 is 0 Å². The molecule has 0 saturated heterocycles. The van der Waals surface area contributed by atoms with E-state index in [-0.39, 0.29) is 70.6 Å². The summed E-state index contributed by atoms with van der Waals surface area (Å²) in [5, 5.41) is 6.82. The maximum Gasteiger partial charge on any atom is 1.00 e. The third-order valence-corrected chi connectivity index (χ3v) is 6.02. The zero-order valence-electron chi connectivity index (χ0n) is 13.3. The van der Waals surface area contributed by atoms with Gasteiger partial charge in [0.25, 0.3) is 0 Å². The Hall–Kier alpha value is 1.54. The van der Waals surface area contributed by atoms with Crippen molar-refractivity contribution in [3.05, 3.63) is 20.9 Å². The molecule has 0 aliphatic rings. The Morgan fingerprint density at radius 3 is 1.46 bits per heavy atom. The third-order valence-electron chi connectivity index (χ3n) is 2.24. The van der Waals surface area contributed by atoms with Gasteiger partial charge in [0.05, 0.1) is 0 Å². The first kappa shape index (κ1) is 30.3. The number of nitrogens with zero attached hydrogens (tertiary/aromatic N) is 6. The summed E-state index contributed by atoms with van der Waals surface area (Å²) < 4.78 is 42.2. The predicted octanol–water partition coefficient (Wildman–Crippen LogP) is -3.73. The molecule has 0 aromatic heterocycles. The summed E-state index contributed by atoms with van der Waals surface area (Å²) in [6.07, 6.45) is 0.861. The van der Waals surface area contributed by atoms with Crippen LogP contribution in [0.25, 0.3) is 20.9 Å². The van der Waals surface area contributed by atoms with Crippen LogP contribution in [0.2, 0.25) is 0 Å². The fourth-order valence-electron chi connectivity index (χ4n) is 1.30. The molecule has 0 N–H and O–H groups in total. The molecule has 0 aromatic rings. The van der Waals surface area contributed by atoms with Crippen LogP contribution in [0.1, 0.15) is 12.8 Å². The topological polar surface area (TPSA) is 178 Å². The van der Waals surface area contributed by atoms with E-state index in [0.29, 0.717) is 24.3 Å². The Kier molecular flexibility index (Phi) is 26.3. The summed E-state index contributed by atoms with van der Waals surface area (Å²) in [5.74, 6) is 0.767. The monoisotopic (exact) mass is 432 g/mol. The summed E-state index contributed by atoms with van der Waals surface area (Å²) in [6.45, 7) is 0. The van der Waals surface area contributed by atoms with E-state index in [1.807, 2.05) is 0 Å². The van der Waals surface area contributed by atoms with Gasteiger partial charge in [0, 0.05) is 44.9 Å². The third kappa shape index (κ3) is 19.9. The molecule has 0 bridgehead atoms. The van der Waals surface area contributed by atoms with Gasteiger partial charge >= 0.3 is 59.1 Å². The number of rotatable bonds is 13. The average molecular weight is 432 g/mol. The Morgan fingerprint density at radius 2 is 1.21 bits per heavy atom. The van der Waals surface area contributed by atoms with Crippen molar-refractivity contribution in [1.82, 2.24) is 0 Å². The van der Waals surface area contributed by atoms with E-state index in [1.54, 1.807) is 0 Å². The Bertz CT molecular complexity index is 435. The van der Waals surface area contributed by atoms with Gasteiger partial charge in [-0.2, -0.15) is 0 Å². The Morgan fingerprint density at radius 1 is 0.875 bits per heavy atom. The summed E-state index contributed by atoms with van der Waals surface area (Å²) >= 11 is -4.51. The van der Waals surface area contributed by atoms with E-state index in [0.717, 1.165) is 0 Å². The maximum atomic E-state index is 10.6. The molecule has 0 rings (SSSR count). The molecule has 16 heteroatoms. The van der Waals surface area contributed by atoms with E-state index < -0.39 is 34.2 Å². The minimum atomic E-state index is -2.26. The molecule has 0 spiro atoms. The predicted molar refractivity (Wildman–Crippen MR) is 87.6 cm³/mol. The first-order valence-corrected chi connectivity index (χ1v) is 10.9. The second-order valence-corrected chi connectivity index (χ2v) is 8.46. The maximum absolute atomic E-state index is 10.6. The standard InChI is InChI=1S/C8H16N6O4S4.2Na/c9-13-11-7(5-21(15)16)1-3-19-20-4-2-8(12-14-10)6-22(17)18;;/h7-8H,1-6H2,(H,15,16)(H,17,18);;/q;2*+1/p-2/t7-,8-;;/m0../s1. The first-order valence-electron chi connectivity index (χ1n) is 5.94. The molecule has 0 saturated carbocycles. The van der Waals surface area contributed by atoms with Crippen molar-refractivity contribution < 1.29 is 76.6 Å². The number of hydrogen-bond acceptors (Lipinski definition) is 8. The molecule has 0 fully saturated rings. The van der Waals surface area contributed by atoms with Gasteiger partial charge in [-0.05, 0) is 23.9 Å². The van der Waals surface area contributed by atoms with Gasteiger partial charge in [-0.15, -0.1) is 0 Å². The van der Waals surface area contributed by atoms with Gasteiger partial charge in [-0.3, -0.25) is 8.42 Å². The fourth-order valence-corrected chi connectivity index (χ4v) is 4.65. The molecule has 0 heterocycles. The summed E-state index contributed by atoms with van der Waals surface area (Å²) in [4.78, 5) is 5.21. The van der Waals surface area contributed by atoms with Crippen LogP contribution in [0.4, 0.5) is 0 Å². The van der Waals surface area contributed by atoms with Crippen molar-refractivity contribution in [2.75, 3.05) is 23.0 Å². The van der Waals surface area contributed by atoms with Crippen LogP contribution in [0.3, 0.4) is 0 Å². The fraction of sp³-hybridized carbons (Fsp3) is 1.00. The van der Waals surface area contributed by atoms with Gasteiger partial charge in [-0.1, -0.05) is 54.0 Å². The van der Waals surface area contributed by atoms with Crippen molar-refractivity contribution in [3.8, 4) is 0 Å². The molecular formula is C8H14N6Na2O4S4. The molecule has 10 nitrogen and oxygen atoms in total. The zero-order valence-corrected chi connectivity index (χ0v) is 20.6. The smallest absolute Gasteiger partial charge is 0.772 e. The Labute approximate surface area is 197 Å². The molecule has 4 atom stereocenters. The first-order chi connectivity index (χ1) is 10.5. The van der Waals surface area contributed by atoms with Crippen molar-refractivity contribution in [2.24, 2.45) is 10.2 Å². The number of azide groups is 2. The summed E-state index contributed by atoms with van der Waals surface area (Å²) in [6, 6.07) is -1.18. The van der Waals surface area contributed by atoms with Crippen molar-refractivity contribution >= 4 is 43.7 Å². The summed E-state index contributed by atoms with van der Waals surface area (Å²) in [7, 11) is 2.91. The largest absolute Gasteiger partial charge is 1.00 e. The van der Waals surface area contributed by atoms with Gasteiger partial charge in [0.1, 0.15) is 0 Å². The second-order valence-electron chi connectivity index (χ2n) is 3.88. The van der Waals surface area contributed by atoms with Crippen molar-refractivity contribution in [3.63, 3.8) is 0 Å². The van der Waals surface area contributed by atoms with Crippen molar-refractivity contribution in [2.45, 2.75) is 24.9 Å². The minimum Gasteiger partial charge on any atom is -0.772 e. The van der Waals surface area contributed by atoms with Gasteiger partial charge < -0.3 is 9.11 Å². The molecule has 24 heavy (non-hydrogen) atoms. The zero-order chi connectivity index (χ0) is 16.8. The second kappa shape index (κ2) is 20.8. The van der Waals surface area contributed by atoms with Gasteiger partial charge in [-0.25, -0.2) is 0 Å². The molecule has 0 radical (unpaired) electrons. The van der Waals surface area contributed by atoms with Crippen LogP contribution in [-0.4, -0.2) is 52.6 Å². The van der Waals surface area contributed by atoms with E-state index in [9.17, 15) is 17.5 Å². The van der Waals surface area contributed by atoms with Crippen LogP contribution >= 0.6 is 21.6 Å². The molecule has 0 aliphatic carbocycles. The molecule has 0 aliphatic heterocycles. The quantitative estimate of drug-likeness (QED) is 0.0549. The van der Waals surface area contributed by atoms with Crippen molar-refractivity contribution in [1.29, 1.82) is 0 Å². The van der Waals surface area contributed by atoms with E-state index in [1.165, 1.54) is 21.6 Å². The average Bonchev–Trinajstić information content (AvgIpc) is 2.41. The molecule has 0 aromatic carbocycles. The number of hydrogen-bond donors (Lipinski definition) is 0. The molecule has 0 amide bonds. The van der Waals surface area contributed by atoms with Gasteiger partial charge in [0.2, 0.25) is 0 Å². The van der Waals surface area contributed by atoms with E-state index in [4.69, 9.17) is 11.1 Å². The van der Waals surface area contributed by atoms with Crippen LogP contribution in [0.15, 0.2) is 10.2 Å². The van der Waals surface area contributed by atoms with Crippen LogP contribution in [0.5, 0.6) is 0 Å². The van der Waals surface area contributed by atoms with Crippen LogP contribution < -0.4 is 59.1 Å². The van der Waals surface area contributed by atoms with E-state index in [2.05, 4.69) is 20.1 Å². The minimum absolute atomic E-state index is 0. The van der Waals surface area contributed by atoms with Crippen LogP contribution in [-0.2, 0) is 22.2 Å². The van der Waals surface area contributed by atoms with Gasteiger partial charge in [0.15, 0.2) is 0 Å². The molecule has 126 valence electrons. The Balaban J connectivity index is -0.00000220.